The van der Waals surface area contributed by atoms with Crippen LogP contribution in [0.3, 0.4) is 0 Å². The molecule has 0 aliphatic carbocycles. The van der Waals surface area contributed by atoms with E-state index in [1.807, 2.05) is 30.3 Å². The van der Waals surface area contributed by atoms with Crippen LogP contribution in [0.1, 0.15) is 0 Å². The predicted molar refractivity (Wildman–Crippen MR) is 64.6 cm³/mol. The summed E-state index contributed by atoms with van der Waals surface area (Å²) in [5.74, 6) is -0.193. The molecule has 0 saturated carbocycles. The minimum absolute atomic E-state index is 0.193. The number of halogens is 2. The van der Waals surface area contributed by atoms with Crippen LogP contribution >= 0.6 is 22.6 Å². The third-order valence-corrected chi connectivity index (χ3v) is 2.65. The summed E-state index contributed by atoms with van der Waals surface area (Å²) in [6.07, 6.45) is 0. The maximum absolute atomic E-state index is 13.0. The highest BCUT2D eigenvalue weighted by Crippen LogP contribution is 2.21. The van der Waals surface area contributed by atoms with Crippen molar-refractivity contribution in [2.45, 2.75) is 0 Å². The summed E-state index contributed by atoms with van der Waals surface area (Å²) in [5.41, 5.74) is 1.97. The molecule has 0 spiro atoms. The first-order valence-electron chi connectivity index (χ1n) is 4.27. The van der Waals surface area contributed by atoms with Crippen LogP contribution in [-0.2, 0) is 0 Å². The van der Waals surface area contributed by atoms with Crippen molar-refractivity contribution in [2.75, 3.05) is 0 Å². The Kier molecular flexibility index (Phi) is 2.82. The molecule has 0 N–H and O–H groups in total. The van der Waals surface area contributed by atoms with Crippen molar-refractivity contribution < 1.29 is 4.39 Å². The number of hydrogen-bond donors (Lipinski definition) is 0. The second-order valence-electron chi connectivity index (χ2n) is 3.02. The Morgan fingerprint density at radius 2 is 1.50 bits per heavy atom. The smallest absolute Gasteiger partial charge is 0.123 e. The molecular formula is C12H8FI. The number of benzene rings is 2. The lowest BCUT2D eigenvalue weighted by molar-refractivity contribution is 0.628. The fourth-order valence-electron chi connectivity index (χ4n) is 1.34. The molecule has 0 aliphatic heterocycles. The summed E-state index contributed by atoms with van der Waals surface area (Å²) < 4.78 is 14.1. The molecule has 0 radical (unpaired) electrons. The summed E-state index contributed by atoms with van der Waals surface area (Å²) in [7, 11) is 0. The van der Waals surface area contributed by atoms with Gasteiger partial charge in [-0.3, -0.25) is 0 Å². The van der Waals surface area contributed by atoms with E-state index in [0.29, 0.717) is 0 Å². The molecule has 0 fully saturated rings. The van der Waals surface area contributed by atoms with Crippen LogP contribution < -0.4 is 0 Å². The normalized spacial score (nSPS) is 10.1. The summed E-state index contributed by atoms with van der Waals surface area (Å²) in [6, 6.07) is 14.7. The molecule has 0 atom stereocenters. The Morgan fingerprint density at radius 3 is 2.14 bits per heavy atom. The molecule has 0 saturated heterocycles. The van der Waals surface area contributed by atoms with Gasteiger partial charge in [-0.05, 0) is 58.0 Å². The van der Waals surface area contributed by atoms with Crippen LogP contribution in [-0.4, -0.2) is 0 Å². The topological polar surface area (TPSA) is 0 Å². The largest absolute Gasteiger partial charge is 0.207 e. The van der Waals surface area contributed by atoms with Crippen molar-refractivity contribution in [1.82, 2.24) is 0 Å². The molecule has 70 valence electrons. The summed E-state index contributed by atoms with van der Waals surface area (Å²) in [6.45, 7) is 0. The van der Waals surface area contributed by atoms with Gasteiger partial charge in [0, 0.05) is 3.57 Å². The average Bonchev–Trinajstić information content (AvgIpc) is 2.18. The maximum Gasteiger partial charge on any atom is 0.123 e. The predicted octanol–water partition coefficient (Wildman–Crippen LogP) is 4.10. The highest BCUT2D eigenvalue weighted by Gasteiger charge is 1.98. The lowest BCUT2D eigenvalue weighted by atomic mass is 10.1. The van der Waals surface area contributed by atoms with Gasteiger partial charge in [0.25, 0.3) is 0 Å². The zero-order valence-electron chi connectivity index (χ0n) is 7.37. The lowest BCUT2D eigenvalue weighted by Gasteiger charge is -2.01. The van der Waals surface area contributed by atoms with Crippen molar-refractivity contribution in [2.24, 2.45) is 0 Å². The third kappa shape index (κ3) is 2.12. The SMILES string of the molecule is Fc1cccc(-c2cccc(I)c2)c1. The zero-order chi connectivity index (χ0) is 9.97. The number of rotatable bonds is 1. The minimum atomic E-state index is -0.193. The summed E-state index contributed by atoms with van der Waals surface area (Å²) in [4.78, 5) is 0. The Hall–Kier alpha value is -0.900. The van der Waals surface area contributed by atoms with Gasteiger partial charge in [-0.1, -0.05) is 24.3 Å². The summed E-state index contributed by atoms with van der Waals surface area (Å²) in [5, 5.41) is 0. The van der Waals surface area contributed by atoms with E-state index in [9.17, 15) is 4.39 Å². The lowest BCUT2D eigenvalue weighted by Crippen LogP contribution is -1.80. The maximum atomic E-state index is 13.0. The Balaban J connectivity index is 2.49. The highest BCUT2D eigenvalue weighted by atomic mass is 127. The van der Waals surface area contributed by atoms with E-state index in [-0.39, 0.29) is 5.82 Å². The van der Waals surface area contributed by atoms with Gasteiger partial charge in [-0.25, -0.2) is 4.39 Å². The second-order valence-corrected chi connectivity index (χ2v) is 4.27. The standard InChI is InChI=1S/C12H8FI/c13-11-5-1-3-9(7-11)10-4-2-6-12(14)8-10/h1-8H. The van der Waals surface area contributed by atoms with Crippen LogP contribution in [0.15, 0.2) is 48.5 Å². The van der Waals surface area contributed by atoms with Gasteiger partial charge >= 0.3 is 0 Å². The Bertz CT molecular complexity index is 408. The van der Waals surface area contributed by atoms with E-state index in [0.717, 1.165) is 14.7 Å². The number of hydrogen-bond acceptors (Lipinski definition) is 0. The third-order valence-electron chi connectivity index (χ3n) is 1.98. The van der Waals surface area contributed by atoms with Crippen molar-refractivity contribution in [3.05, 3.63) is 57.9 Å². The van der Waals surface area contributed by atoms with Crippen LogP contribution in [0.4, 0.5) is 4.39 Å². The molecule has 0 aliphatic rings. The van der Waals surface area contributed by atoms with Gasteiger partial charge in [0.1, 0.15) is 5.82 Å². The van der Waals surface area contributed by atoms with E-state index < -0.39 is 0 Å². The van der Waals surface area contributed by atoms with Gasteiger partial charge < -0.3 is 0 Å². The molecule has 0 bridgehead atoms. The van der Waals surface area contributed by atoms with E-state index in [2.05, 4.69) is 22.6 Å². The highest BCUT2D eigenvalue weighted by molar-refractivity contribution is 14.1. The zero-order valence-corrected chi connectivity index (χ0v) is 9.53. The molecule has 0 aromatic heterocycles. The van der Waals surface area contributed by atoms with Crippen LogP contribution in [0.5, 0.6) is 0 Å². The quantitative estimate of drug-likeness (QED) is 0.695. The van der Waals surface area contributed by atoms with Crippen molar-refractivity contribution in [3.8, 4) is 11.1 Å². The molecule has 0 nitrogen and oxygen atoms in total. The molecule has 0 unspecified atom stereocenters. The van der Waals surface area contributed by atoms with Crippen molar-refractivity contribution in [1.29, 1.82) is 0 Å². The van der Waals surface area contributed by atoms with Gasteiger partial charge in [-0.15, -0.1) is 0 Å². The molecule has 2 aromatic carbocycles. The molecule has 14 heavy (non-hydrogen) atoms. The van der Waals surface area contributed by atoms with Crippen molar-refractivity contribution >= 4 is 22.6 Å². The van der Waals surface area contributed by atoms with Crippen LogP contribution in [0.25, 0.3) is 11.1 Å². The summed E-state index contributed by atoms with van der Waals surface area (Å²) >= 11 is 2.25. The van der Waals surface area contributed by atoms with Gasteiger partial charge in [-0.2, -0.15) is 0 Å². The molecule has 0 heterocycles. The Labute approximate surface area is 95.9 Å². The van der Waals surface area contributed by atoms with Crippen LogP contribution in [0, 0.1) is 9.39 Å². The first kappa shape index (κ1) is 9.65. The van der Waals surface area contributed by atoms with Crippen LogP contribution in [0.2, 0.25) is 0 Å². The van der Waals surface area contributed by atoms with E-state index in [1.165, 1.54) is 6.07 Å². The molecule has 2 rings (SSSR count). The first-order valence-corrected chi connectivity index (χ1v) is 5.35. The van der Waals surface area contributed by atoms with Gasteiger partial charge in [0.2, 0.25) is 0 Å². The minimum Gasteiger partial charge on any atom is -0.207 e. The van der Waals surface area contributed by atoms with Gasteiger partial charge in [0.15, 0.2) is 0 Å². The van der Waals surface area contributed by atoms with E-state index in [1.54, 1.807) is 12.1 Å². The van der Waals surface area contributed by atoms with Crippen molar-refractivity contribution in [3.63, 3.8) is 0 Å². The molecular weight excluding hydrogens is 290 g/mol. The fraction of sp³-hybridized carbons (Fsp3) is 0. The van der Waals surface area contributed by atoms with E-state index in [4.69, 9.17) is 0 Å². The molecule has 2 heteroatoms. The average molecular weight is 298 g/mol. The fourth-order valence-corrected chi connectivity index (χ4v) is 1.88. The Morgan fingerprint density at radius 1 is 0.857 bits per heavy atom. The van der Waals surface area contributed by atoms with Gasteiger partial charge in [0.05, 0.1) is 0 Å². The molecule has 2 aromatic rings. The first-order chi connectivity index (χ1) is 6.75. The van der Waals surface area contributed by atoms with E-state index >= 15 is 0 Å². The monoisotopic (exact) mass is 298 g/mol. The second kappa shape index (κ2) is 4.09. The molecule has 0 amide bonds.